The van der Waals surface area contributed by atoms with Crippen molar-refractivity contribution in [1.29, 1.82) is 0 Å². The minimum absolute atomic E-state index is 0.254. The Morgan fingerprint density at radius 3 is 2.70 bits per heavy atom. The molecule has 0 aliphatic heterocycles. The summed E-state index contributed by atoms with van der Waals surface area (Å²) in [5.41, 5.74) is 0.385. The number of pyridine rings is 1. The Kier molecular flexibility index (Phi) is 4.14. The molecule has 2 heterocycles. The highest BCUT2D eigenvalue weighted by atomic mass is 35.5. The van der Waals surface area contributed by atoms with Crippen LogP contribution in [-0.2, 0) is 5.54 Å². The van der Waals surface area contributed by atoms with Crippen LogP contribution in [-0.4, -0.2) is 10.9 Å². The fraction of sp³-hybridized carbons (Fsp3) is 0.333. The normalized spacial score (nSPS) is 13.0. The van der Waals surface area contributed by atoms with Gasteiger partial charge in [0.15, 0.2) is 5.76 Å². The summed E-state index contributed by atoms with van der Waals surface area (Å²) in [4.78, 5) is 16.3. The van der Waals surface area contributed by atoms with Gasteiger partial charge >= 0.3 is 0 Å². The van der Waals surface area contributed by atoms with Crippen molar-refractivity contribution in [3.63, 3.8) is 0 Å². The summed E-state index contributed by atoms with van der Waals surface area (Å²) in [7, 11) is 0. The molecule has 1 atom stereocenters. The molecule has 4 nitrogen and oxygen atoms in total. The van der Waals surface area contributed by atoms with Crippen LogP contribution in [0.25, 0.3) is 0 Å². The molecule has 0 aliphatic carbocycles. The maximum absolute atomic E-state index is 12.2. The fourth-order valence-corrected chi connectivity index (χ4v) is 1.96. The summed E-state index contributed by atoms with van der Waals surface area (Å²) < 4.78 is 5.43. The summed E-state index contributed by atoms with van der Waals surface area (Å²) in [6, 6.07) is 7.09. The number of amides is 1. The van der Waals surface area contributed by atoms with E-state index in [-0.39, 0.29) is 17.0 Å². The Morgan fingerprint density at radius 1 is 1.40 bits per heavy atom. The quantitative estimate of drug-likeness (QED) is 0.875. The van der Waals surface area contributed by atoms with Gasteiger partial charge in [0.05, 0.1) is 10.9 Å². The number of halogens is 1. The van der Waals surface area contributed by atoms with Crippen LogP contribution in [0.5, 0.6) is 0 Å². The standard InChI is InChI=1S/C15H17ClN2O2/c1-10(16)12-6-7-13(20-12)14(19)18-15(2,3)11-5-4-8-17-9-11/h4-10H,1-3H3,(H,18,19). The van der Waals surface area contributed by atoms with Crippen LogP contribution in [0.1, 0.15) is 48.0 Å². The molecule has 0 saturated carbocycles. The monoisotopic (exact) mass is 292 g/mol. The molecule has 0 bridgehead atoms. The van der Waals surface area contributed by atoms with Crippen molar-refractivity contribution in [2.45, 2.75) is 31.7 Å². The zero-order chi connectivity index (χ0) is 14.8. The molecule has 5 heteroatoms. The van der Waals surface area contributed by atoms with E-state index in [2.05, 4.69) is 10.3 Å². The fourth-order valence-electron chi connectivity index (χ4n) is 1.84. The van der Waals surface area contributed by atoms with E-state index in [0.29, 0.717) is 5.76 Å². The van der Waals surface area contributed by atoms with Crippen LogP contribution in [0.15, 0.2) is 41.1 Å². The van der Waals surface area contributed by atoms with E-state index in [1.165, 1.54) is 0 Å². The summed E-state index contributed by atoms with van der Waals surface area (Å²) in [6.45, 7) is 5.62. The van der Waals surface area contributed by atoms with Crippen LogP contribution < -0.4 is 5.32 Å². The molecule has 0 spiro atoms. The molecule has 20 heavy (non-hydrogen) atoms. The van der Waals surface area contributed by atoms with Crippen molar-refractivity contribution in [1.82, 2.24) is 10.3 Å². The highest BCUT2D eigenvalue weighted by molar-refractivity contribution is 6.20. The molecule has 2 rings (SSSR count). The van der Waals surface area contributed by atoms with Gasteiger partial charge in [-0.3, -0.25) is 9.78 Å². The van der Waals surface area contributed by atoms with Gasteiger partial charge in [-0.05, 0) is 44.5 Å². The zero-order valence-corrected chi connectivity index (χ0v) is 12.4. The largest absolute Gasteiger partial charge is 0.454 e. The van der Waals surface area contributed by atoms with Gasteiger partial charge in [-0.15, -0.1) is 11.6 Å². The van der Waals surface area contributed by atoms with E-state index >= 15 is 0 Å². The Hall–Kier alpha value is -1.81. The van der Waals surface area contributed by atoms with E-state index in [1.807, 2.05) is 26.0 Å². The predicted molar refractivity (Wildman–Crippen MR) is 77.7 cm³/mol. The Labute approximate surface area is 123 Å². The molecule has 2 aromatic heterocycles. The molecule has 1 unspecified atom stereocenters. The molecule has 0 radical (unpaired) electrons. The summed E-state index contributed by atoms with van der Waals surface area (Å²) >= 11 is 5.92. The third-order valence-electron chi connectivity index (χ3n) is 3.05. The minimum atomic E-state index is -0.537. The van der Waals surface area contributed by atoms with Gasteiger partial charge in [0, 0.05) is 12.4 Å². The first-order chi connectivity index (χ1) is 9.40. The summed E-state index contributed by atoms with van der Waals surface area (Å²) in [6.07, 6.45) is 3.43. The second kappa shape index (κ2) is 5.67. The van der Waals surface area contributed by atoms with Gasteiger partial charge in [-0.1, -0.05) is 6.07 Å². The molecule has 0 fully saturated rings. The van der Waals surface area contributed by atoms with Crippen LogP contribution in [0, 0.1) is 0 Å². The molecule has 1 amide bonds. The van der Waals surface area contributed by atoms with E-state index in [0.717, 1.165) is 5.56 Å². The summed E-state index contributed by atoms with van der Waals surface area (Å²) in [5, 5.41) is 2.66. The van der Waals surface area contributed by atoms with Crippen LogP contribution in [0.3, 0.4) is 0 Å². The third kappa shape index (κ3) is 3.20. The van der Waals surface area contributed by atoms with Crippen molar-refractivity contribution < 1.29 is 9.21 Å². The predicted octanol–water partition coefficient (Wildman–Crippen LogP) is 3.64. The van der Waals surface area contributed by atoms with Gasteiger partial charge in [-0.25, -0.2) is 0 Å². The van der Waals surface area contributed by atoms with E-state index in [9.17, 15) is 4.79 Å². The van der Waals surface area contributed by atoms with Crippen LogP contribution >= 0.6 is 11.6 Å². The minimum Gasteiger partial charge on any atom is -0.454 e. The van der Waals surface area contributed by atoms with Crippen molar-refractivity contribution in [2.24, 2.45) is 0 Å². The lowest BCUT2D eigenvalue weighted by molar-refractivity contribution is 0.0881. The Balaban J connectivity index is 2.14. The van der Waals surface area contributed by atoms with Crippen molar-refractivity contribution in [3.05, 3.63) is 53.7 Å². The van der Waals surface area contributed by atoms with E-state index in [1.54, 1.807) is 31.5 Å². The maximum atomic E-state index is 12.2. The SMILES string of the molecule is CC(Cl)c1ccc(C(=O)NC(C)(C)c2cccnc2)o1. The van der Waals surface area contributed by atoms with Crippen LogP contribution in [0.2, 0.25) is 0 Å². The lowest BCUT2D eigenvalue weighted by atomic mass is 9.96. The first kappa shape index (κ1) is 14.6. The number of alkyl halides is 1. The summed E-state index contributed by atoms with van der Waals surface area (Å²) in [5.74, 6) is 0.558. The highest BCUT2D eigenvalue weighted by Gasteiger charge is 2.25. The van der Waals surface area contributed by atoms with E-state index in [4.69, 9.17) is 16.0 Å². The van der Waals surface area contributed by atoms with Crippen molar-refractivity contribution in [2.75, 3.05) is 0 Å². The van der Waals surface area contributed by atoms with Crippen molar-refractivity contribution in [3.8, 4) is 0 Å². The molecule has 0 aromatic carbocycles. The van der Waals surface area contributed by atoms with Gasteiger partial charge in [-0.2, -0.15) is 0 Å². The number of furan rings is 1. The molecular weight excluding hydrogens is 276 g/mol. The molecule has 106 valence electrons. The van der Waals surface area contributed by atoms with Gasteiger partial charge in [0.25, 0.3) is 5.91 Å². The van der Waals surface area contributed by atoms with Gasteiger partial charge < -0.3 is 9.73 Å². The number of nitrogens with one attached hydrogen (secondary N) is 1. The number of rotatable bonds is 4. The second-order valence-electron chi connectivity index (χ2n) is 5.14. The number of nitrogens with zero attached hydrogens (tertiary/aromatic N) is 1. The third-order valence-corrected chi connectivity index (χ3v) is 3.27. The van der Waals surface area contributed by atoms with Crippen molar-refractivity contribution >= 4 is 17.5 Å². The average molecular weight is 293 g/mol. The number of carbonyl (C=O) groups excluding carboxylic acids is 1. The first-order valence-electron chi connectivity index (χ1n) is 6.37. The van der Waals surface area contributed by atoms with E-state index < -0.39 is 5.54 Å². The Bertz CT molecular complexity index is 591. The Morgan fingerprint density at radius 2 is 2.15 bits per heavy atom. The smallest absolute Gasteiger partial charge is 0.287 e. The number of hydrogen-bond donors (Lipinski definition) is 1. The maximum Gasteiger partial charge on any atom is 0.287 e. The second-order valence-corrected chi connectivity index (χ2v) is 5.79. The topological polar surface area (TPSA) is 55.1 Å². The number of carbonyl (C=O) groups is 1. The number of hydrogen-bond acceptors (Lipinski definition) is 3. The molecule has 0 aliphatic rings. The molecule has 2 aromatic rings. The van der Waals surface area contributed by atoms with Crippen LogP contribution in [0.4, 0.5) is 0 Å². The molecular formula is C15H17ClN2O2. The molecule has 1 N–H and O–H groups in total. The van der Waals surface area contributed by atoms with Gasteiger partial charge in [0.2, 0.25) is 0 Å². The number of aromatic nitrogens is 1. The lowest BCUT2D eigenvalue weighted by Crippen LogP contribution is -2.40. The zero-order valence-electron chi connectivity index (χ0n) is 11.7. The highest BCUT2D eigenvalue weighted by Crippen LogP contribution is 2.23. The van der Waals surface area contributed by atoms with Gasteiger partial charge in [0.1, 0.15) is 5.76 Å². The lowest BCUT2D eigenvalue weighted by Gasteiger charge is -2.25. The first-order valence-corrected chi connectivity index (χ1v) is 6.80. The average Bonchev–Trinajstić information content (AvgIpc) is 2.89. The molecule has 0 saturated heterocycles.